The molecule has 11 heteroatoms. The number of hydrogen-bond donors (Lipinski definition) is 2. The maximum atomic E-state index is 13.4. The van der Waals surface area contributed by atoms with Gasteiger partial charge in [0.05, 0.1) is 40.3 Å². The highest BCUT2D eigenvalue weighted by atomic mass is 32.1. The molecule has 2 aromatic heterocycles. The van der Waals surface area contributed by atoms with Crippen molar-refractivity contribution in [2.75, 3.05) is 33.1 Å². The second-order valence-electron chi connectivity index (χ2n) is 10.1. The Kier molecular flexibility index (Phi) is 8.27. The van der Waals surface area contributed by atoms with Crippen LogP contribution < -0.4 is 15.8 Å². The van der Waals surface area contributed by atoms with E-state index in [-0.39, 0.29) is 29.1 Å². The molecule has 1 aliphatic heterocycles. The van der Waals surface area contributed by atoms with E-state index in [1.54, 1.807) is 16.2 Å². The largest absolute Gasteiger partial charge is 0.480 e. The number of ether oxygens (including phenoxy) is 1. The third-order valence-electron chi connectivity index (χ3n) is 7.03. The van der Waals surface area contributed by atoms with E-state index in [1.807, 2.05) is 12.1 Å². The third-order valence-corrected chi connectivity index (χ3v) is 8.09. The predicted octanol–water partition coefficient (Wildman–Crippen LogP) is 3.23. The quantitative estimate of drug-likeness (QED) is 0.442. The van der Waals surface area contributed by atoms with Crippen LogP contribution in [0.1, 0.15) is 53.7 Å². The van der Waals surface area contributed by atoms with Gasteiger partial charge in [0.1, 0.15) is 5.56 Å². The van der Waals surface area contributed by atoms with E-state index in [9.17, 15) is 14.4 Å². The van der Waals surface area contributed by atoms with Crippen molar-refractivity contribution in [3.63, 3.8) is 0 Å². The number of benzene rings is 1. The lowest BCUT2D eigenvalue weighted by atomic mass is 9.89. The minimum absolute atomic E-state index is 0.0122. The van der Waals surface area contributed by atoms with Crippen molar-refractivity contribution in [2.24, 2.45) is 11.7 Å². The number of carbonyl (C=O) groups excluding carboxylic acids is 3. The maximum absolute atomic E-state index is 13.4. The lowest BCUT2D eigenvalue weighted by Crippen LogP contribution is -2.46. The molecule has 1 aliphatic rings. The standard InChI is InChI=1S/C27H34N6O4S/c1-15-6-8-21(17-7-9-22-20(11-17)31-23(38-22)10-16(2)32(3)4)33(14-15)27(36)25(35)30-18-12-19(24(28)34)26(37-5)29-13-18/h7,9,11-13,15-16,21H,6,8,10,14H2,1-5H3,(H2,28,34)(H,30,35)/t15-,16+,21?/m0/s1. The highest BCUT2D eigenvalue weighted by molar-refractivity contribution is 7.18. The van der Waals surface area contributed by atoms with Crippen LogP contribution in [0.4, 0.5) is 5.69 Å². The predicted molar refractivity (Wildman–Crippen MR) is 147 cm³/mol. The molecule has 1 saturated heterocycles. The summed E-state index contributed by atoms with van der Waals surface area (Å²) in [4.78, 5) is 50.8. The first-order valence-electron chi connectivity index (χ1n) is 12.6. The summed E-state index contributed by atoms with van der Waals surface area (Å²) >= 11 is 1.69. The number of pyridine rings is 1. The summed E-state index contributed by atoms with van der Waals surface area (Å²) in [5, 5.41) is 3.64. The normalized spacial score (nSPS) is 18.4. The topological polar surface area (TPSA) is 131 Å². The molecule has 0 aliphatic carbocycles. The highest BCUT2D eigenvalue weighted by Gasteiger charge is 2.34. The number of piperidine rings is 1. The van der Waals surface area contributed by atoms with Gasteiger partial charge in [-0.2, -0.15) is 0 Å². The van der Waals surface area contributed by atoms with Crippen molar-refractivity contribution in [1.29, 1.82) is 0 Å². The monoisotopic (exact) mass is 538 g/mol. The summed E-state index contributed by atoms with van der Waals surface area (Å²) in [6.07, 6.45) is 3.88. The van der Waals surface area contributed by atoms with Gasteiger partial charge in [-0.25, -0.2) is 9.97 Å². The number of nitrogens with zero attached hydrogens (tertiary/aromatic N) is 4. The summed E-state index contributed by atoms with van der Waals surface area (Å²) in [6.45, 7) is 4.71. The van der Waals surface area contributed by atoms with Crippen LogP contribution in [-0.2, 0) is 16.0 Å². The second kappa shape index (κ2) is 11.4. The molecule has 38 heavy (non-hydrogen) atoms. The smallest absolute Gasteiger partial charge is 0.313 e. The second-order valence-corrected chi connectivity index (χ2v) is 11.2. The number of likely N-dealkylation sites (tertiary alicyclic amines) is 1. The molecular formula is C27H34N6O4S. The zero-order valence-corrected chi connectivity index (χ0v) is 23.2. The van der Waals surface area contributed by atoms with Gasteiger partial charge in [-0.15, -0.1) is 11.3 Å². The van der Waals surface area contributed by atoms with Crippen LogP contribution in [0.15, 0.2) is 30.5 Å². The number of likely N-dealkylation sites (N-methyl/N-ethyl adjacent to an activating group) is 1. The van der Waals surface area contributed by atoms with E-state index in [1.165, 1.54) is 19.4 Å². The summed E-state index contributed by atoms with van der Waals surface area (Å²) in [6, 6.07) is 7.62. The highest BCUT2D eigenvalue weighted by Crippen LogP contribution is 2.36. The molecular weight excluding hydrogens is 504 g/mol. The number of rotatable bonds is 7. The average Bonchev–Trinajstić information content (AvgIpc) is 3.29. The Balaban J connectivity index is 1.55. The number of primary amides is 1. The van der Waals surface area contributed by atoms with E-state index in [4.69, 9.17) is 15.5 Å². The first-order valence-corrected chi connectivity index (χ1v) is 13.4. The van der Waals surface area contributed by atoms with Crippen molar-refractivity contribution in [3.05, 3.63) is 46.6 Å². The molecule has 1 unspecified atom stereocenters. The van der Waals surface area contributed by atoms with Crippen LogP contribution in [0.5, 0.6) is 5.88 Å². The van der Waals surface area contributed by atoms with Crippen LogP contribution >= 0.6 is 11.3 Å². The number of amides is 3. The molecule has 3 heterocycles. The fourth-order valence-electron chi connectivity index (χ4n) is 4.62. The van der Waals surface area contributed by atoms with Gasteiger partial charge in [-0.05, 0) is 63.5 Å². The Labute approximate surface area is 226 Å². The van der Waals surface area contributed by atoms with Crippen molar-refractivity contribution >= 4 is 45.0 Å². The number of nitrogens with two attached hydrogens (primary N) is 1. The Morgan fingerprint density at radius 2 is 2.03 bits per heavy atom. The molecule has 0 spiro atoms. The number of aromatic nitrogens is 2. The van der Waals surface area contributed by atoms with Crippen LogP contribution in [0.3, 0.4) is 0 Å². The van der Waals surface area contributed by atoms with Crippen molar-refractivity contribution in [1.82, 2.24) is 19.8 Å². The number of nitrogens with one attached hydrogen (secondary N) is 1. The minimum atomic E-state index is -0.804. The molecule has 3 amide bonds. The van der Waals surface area contributed by atoms with Gasteiger partial charge >= 0.3 is 11.8 Å². The number of hydrogen-bond acceptors (Lipinski definition) is 8. The van der Waals surface area contributed by atoms with Crippen LogP contribution in [0.25, 0.3) is 10.2 Å². The van der Waals surface area contributed by atoms with Gasteiger partial charge in [0.25, 0.3) is 5.91 Å². The molecule has 202 valence electrons. The molecule has 3 atom stereocenters. The van der Waals surface area contributed by atoms with Gasteiger partial charge in [0, 0.05) is 19.0 Å². The van der Waals surface area contributed by atoms with Gasteiger partial charge in [0.2, 0.25) is 5.88 Å². The molecule has 0 saturated carbocycles. The first kappa shape index (κ1) is 27.5. The number of fused-ring (bicyclic) bond motifs is 1. The van der Waals surface area contributed by atoms with E-state index in [0.29, 0.717) is 12.6 Å². The average molecular weight is 539 g/mol. The fourth-order valence-corrected chi connectivity index (χ4v) is 5.69. The summed E-state index contributed by atoms with van der Waals surface area (Å²) < 4.78 is 6.14. The SMILES string of the molecule is COc1ncc(NC(=O)C(=O)N2C[C@@H](C)CCC2c2ccc3sc(C[C@@H](C)N(C)C)nc3c2)cc1C(N)=O. The van der Waals surface area contributed by atoms with Crippen LogP contribution in [0, 0.1) is 5.92 Å². The van der Waals surface area contributed by atoms with Crippen LogP contribution in [-0.4, -0.2) is 71.3 Å². The van der Waals surface area contributed by atoms with E-state index >= 15 is 0 Å². The number of carbonyl (C=O) groups is 3. The molecule has 4 rings (SSSR count). The Bertz CT molecular complexity index is 1360. The van der Waals surface area contributed by atoms with Gasteiger partial charge in [-0.1, -0.05) is 13.0 Å². The first-order chi connectivity index (χ1) is 18.1. The van der Waals surface area contributed by atoms with E-state index < -0.39 is 17.7 Å². The van der Waals surface area contributed by atoms with Crippen molar-refractivity contribution in [3.8, 4) is 5.88 Å². The summed E-state index contributed by atoms with van der Waals surface area (Å²) in [7, 11) is 5.48. The lowest BCUT2D eigenvalue weighted by Gasteiger charge is -2.38. The van der Waals surface area contributed by atoms with E-state index in [0.717, 1.165) is 40.1 Å². The molecule has 0 radical (unpaired) electrons. The number of methoxy groups -OCH3 is 1. The maximum Gasteiger partial charge on any atom is 0.313 e. The van der Waals surface area contributed by atoms with Crippen molar-refractivity contribution in [2.45, 2.75) is 45.2 Å². The lowest BCUT2D eigenvalue weighted by molar-refractivity contribution is -0.146. The van der Waals surface area contributed by atoms with Crippen LogP contribution in [0.2, 0.25) is 0 Å². The Morgan fingerprint density at radius 3 is 2.71 bits per heavy atom. The molecule has 1 aromatic carbocycles. The summed E-state index contributed by atoms with van der Waals surface area (Å²) in [5.41, 5.74) is 7.46. The third kappa shape index (κ3) is 5.94. The zero-order chi connectivity index (χ0) is 27.6. The number of anilines is 1. The number of thiazole rings is 1. The van der Waals surface area contributed by atoms with Gasteiger partial charge < -0.3 is 25.6 Å². The molecule has 10 nitrogen and oxygen atoms in total. The van der Waals surface area contributed by atoms with Gasteiger partial charge in [0.15, 0.2) is 0 Å². The molecule has 1 fully saturated rings. The Morgan fingerprint density at radius 1 is 1.26 bits per heavy atom. The minimum Gasteiger partial charge on any atom is -0.480 e. The van der Waals surface area contributed by atoms with Crippen molar-refractivity contribution < 1.29 is 19.1 Å². The molecule has 3 N–H and O–H groups in total. The molecule has 3 aromatic rings. The zero-order valence-electron chi connectivity index (χ0n) is 22.4. The summed E-state index contributed by atoms with van der Waals surface area (Å²) in [5.74, 6) is -1.89. The molecule has 0 bridgehead atoms. The van der Waals surface area contributed by atoms with Gasteiger partial charge in [-0.3, -0.25) is 14.4 Å². The fraction of sp³-hybridized carbons (Fsp3) is 0.444. The Hall–Kier alpha value is -3.57. The van der Waals surface area contributed by atoms with E-state index in [2.05, 4.69) is 49.2 Å².